The highest BCUT2D eigenvalue weighted by molar-refractivity contribution is 5.95. The number of hydrogen-bond acceptors (Lipinski definition) is 3. The quantitative estimate of drug-likeness (QED) is 0.429. The van der Waals surface area contributed by atoms with Crippen LogP contribution in [0.4, 0.5) is 5.69 Å². The van der Waals surface area contributed by atoms with Gasteiger partial charge in [-0.25, -0.2) is 4.99 Å². The van der Waals surface area contributed by atoms with E-state index in [0.29, 0.717) is 38.4 Å². The lowest BCUT2D eigenvalue weighted by Crippen LogP contribution is -2.39. The van der Waals surface area contributed by atoms with Crippen molar-refractivity contribution < 1.29 is 9.59 Å². The molecule has 0 bridgehead atoms. The van der Waals surface area contributed by atoms with Gasteiger partial charge in [0.15, 0.2) is 5.96 Å². The summed E-state index contributed by atoms with van der Waals surface area (Å²) in [5.74, 6) is 0.869. The Kier molecular flexibility index (Phi) is 8.46. The van der Waals surface area contributed by atoms with Crippen molar-refractivity contribution in [3.63, 3.8) is 0 Å². The van der Waals surface area contributed by atoms with Crippen LogP contribution in [-0.4, -0.2) is 37.4 Å². The Bertz CT molecular complexity index is 881. The van der Waals surface area contributed by atoms with E-state index in [-0.39, 0.29) is 11.8 Å². The van der Waals surface area contributed by atoms with Gasteiger partial charge in [-0.1, -0.05) is 42.5 Å². The van der Waals surface area contributed by atoms with Gasteiger partial charge in [0.25, 0.3) is 0 Å². The zero-order valence-corrected chi connectivity index (χ0v) is 18.1. The maximum atomic E-state index is 12.1. The van der Waals surface area contributed by atoms with Crippen molar-refractivity contribution in [3.8, 4) is 0 Å². The molecule has 1 aliphatic heterocycles. The van der Waals surface area contributed by atoms with E-state index in [0.717, 1.165) is 36.3 Å². The third kappa shape index (κ3) is 7.13. The minimum atomic E-state index is -0.000694. The topological polar surface area (TPSA) is 85.8 Å². The Morgan fingerprint density at radius 2 is 1.77 bits per heavy atom. The van der Waals surface area contributed by atoms with Crippen LogP contribution in [0, 0.1) is 0 Å². The Morgan fingerprint density at radius 3 is 2.45 bits per heavy atom. The molecule has 2 amide bonds. The second-order valence-electron chi connectivity index (χ2n) is 7.45. The lowest BCUT2D eigenvalue weighted by molar-refractivity contribution is -0.121. The third-order valence-corrected chi connectivity index (χ3v) is 5.06. The zero-order valence-electron chi connectivity index (χ0n) is 18.1. The molecular weight excluding hydrogens is 390 g/mol. The van der Waals surface area contributed by atoms with Crippen LogP contribution < -0.4 is 20.9 Å². The maximum absolute atomic E-state index is 12.1. The molecular formula is C24H31N5O2. The van der Waals surface area contributed by atoms with Gasteiger partial charge in [-0.3, -0.25) is 9.59 Å². The molecule has 0 aliphatic carbocycles. The third-order valence-electron chi connectivity index (χ3n) is 5.06. The van der Waals surface area contributed by atoms with E-state index >= 15 is 0 Å². The van der Waals surface area contributed by atoms with Crippen LogP contribution in [0.5, 0.6) is 0 Å². The van der Waals surface area contributed by atoms with Gasteiger partial charge in [-0.05, 0) is 36.6 Å². The fourth-order valence-electron chi connectivity index (χ4n) is 3.39. The fourth-order valence-corrected chi connectivity index (χ4v) is 3.39. The highest BCUT2D eigenvalue weighted by atomic mass is 16.2. The average Bonchev–Trinajstić information content (AvgIpc) is 3.23. The van der Waals surface area contributed by atoms with Crippen LogP contribution in [0.1, 0.15) is 37.3 Å². The SMILES string of the molecule is CCNC(=NCc1ccc(N2CCCC2=O)cc1)NCCC(=O)NCc1ccccc1. The van der Waals surface area contributed by atoms with E-state index in [1.165, 1.54) is 0 Å². The molecule has 0 radical (unpaired) electrons. The number of benzene rings is 2. The first-order valence-electron chi connectivity index (χ1n) is 10.9. The lowest BCUT2D eigenvalue weighted by atomic mass is 10.2. The van der Waals surface area contributed by atoms with Crippen LogP contribution in [0.3, 0.4) is 0 Å². The Labute approximate surface area is 183 Å². The first kappa shape index (κ1) is 22.3. The second kappa shape index (κ2) is 11.7. The van der Waals surface area contributed by atoms with Gasteiger partial charge in [-0.2, -0.15) is 0 Å². The molecule has 3 N–H and O–H groups in total. The first-order chi connectivity index (χ1) is 15.2. The Morgan fingerprint density at radius 1 is 1.00 bits per heavy atom. The largest absolute Gasteiger partial charge is 0.357 e. The van der Waals surface area contributed by atoms with Crippen LogP contribution >= 0.6 is 0 Å². The first-order valence-corrected chi connectivity index (χ1v) is 10.9. The molecule has 7 nitrogen and oxygen atoms in total. The van der Waals surface area contributed by atoms with Crippen molar-refractivity contribution in [1.29, 1.82) is 0 Å². The molecule has 2 aromatic rings. The molecule has 1 heterocycles. The predicted octanol–water partition coefficient (Wildman–Crippen LogP) is 2.58. The van der Waals surface area contributed by atoms with Gasteiger partial charge < -0.3 is 20.9 Å². The molecule has 1 aliphatic rings. The summed E-state index contributed by atoms with van der Waals surface area (Å²) in [7, 11) is 0. The molecule has 1 fully saturated rings. The minimum Gasteiger partial charge on any atom is -0.357 e. The average molecular weight is 422 g/mol. The number of aliphatic imine (C=N–C) groups is 1. The van der Waals surface area contributed by atoms with Gasteiger partial charge in [0.2, 0.25) is 11.8 Å². The molecule has 0 atom stereocenters. The molecule has 164 valence electrons. The normalized spacial score (nSPS) is 13.9. The molecule has 31 heavy (non-hydrogen) atoms. The summed E-state index contributed by atoms with van der Waals surface area (Å²) in [5, 5.41) is 9.33. The summed E-state index contributed by atoms with van der Waals surface area (Å²) in [6.07, 6.45) is 1.93. The summed E-state index contributed by atoms with van der Waals surface area (Å²) >= 11 is 0. The number of anilines is 1. The summed E-state index contributed by atoms with van der Waals surface area (Å²) in [4.78, 5) is 30.4. The van der Waals surface area contributed by atoms with E-state index in [9.17, 15) is 9.59 Å². The van der Waals surface area contributed by atoms with Crippen molar-refractivity contribution in [2.24, 2.45) is 4.99 Å². The minimum absolute atomic E-state index is 0.000694. The van der Waals surface area contributed by atoms with Crippen molar-refractivity contribution in [1.82, 2.24) is 16.0 Å². The molecule has 0 spiro atoms. The van der Waals surface area contributed by atoms with Gasteiger partial charge in [0.1, 0.15) is 0 Å². The van der Waals surface area contributed by atoms with Crippen molar-refractivity contribution in [2.45, 2.75) is 39.3 Å². The molecule has 2 aromatic carbocycles. The van der Waals surface area contributed by atoms with E-state index < -0.39 is 0 Å². The van der Waals surface area contributed by atoms with E-state index in [1.54, 1.807) is 0 Å². The number of amides is 2. The maximum Gasteiger partial charge on any atom is 0.227 e. The van der Waals surface area contributed by atoms with E-state index in [1.807, 2.05) is 66.4 Å². The predicted molar refractivity (Wildman–Crippen MR) is 124 cm³/mol. The van der Waals surface area contributed by atoms with Gasteiger partial charge in [-0.15, -0.1) is 0 Å². The van der Waals surface area contributed by atoms with Gasteiger partial charge in [0, 0.05) is 44.7 Å². The number of hydrogen-bond donors (Lipinski definition) is 3. The Hall–Kier alpha value is -3.35. The van der Waals surface area contributed by atoms with Crippen molar-refractivity contribution in [2.75, 3.05) is 24.5 Å². The number of guanidine groups is 1. The zero-order chi connectivity index (χ0) is 21.9. The summed E-state index contributed by atoms with van der Waals surface area (Å²) in [6.45, 7) is 5.09. The van der Waals surface area contributed by atoms with Crippen LogP contribution in [0.15, 0.2) is 59.6 Å². The highest BCUT2D eigenvalue weighted by Gasteiger charge is 2.21. The summed E-state index contributed by atoms with van der Waals surface area (Å²) < 4.78 is 0. The van der Waals surface area contributed by atoms with Gasteiger partial charge >= 0.3 is 0 Å². The molecule has 0 aromatic heterocycles. The summed E-state index contributed by atoms with van der Waals surface area (Å²) in [5.41, 5.74) is 3.09. The summed E-state index contributed by atoms with van der Waals surface area (Å²) in [6, 6.07) is 17.8. The number of carbonyl (C=O) groups is 2. The van der Waals surface area contributed by atoms with Gasteiger partial charge in [0.05, 0.1) is 6.54 Å². The number of nitrogens with one attached hydrogen (secondary N) is 3. The van der Waals surface area contributed by atoms with E-state index in [4.69, 9.17) is 0 Å². The number of nitrogens with zero attached hydrogens (tertiary/aromatic N) is 2. The number of rotatable bonds is 9. The smallest absolute Gasteiger partial charge is 0.227 e. The second-order valence-corrected chi connectivity index (χ2v) is 7.45. The monoisotopic (exact) mass is 421 g/mol. The lowest BCUT2D eigenvalue weighted by Gasteiger charge is -2.16. The van der Waals surface area contributed by atoms with E-state index in [2.05, 4.69) is 20.9 Å². The molecule has 3 rings (SSSR count). The van der Waals surface area contributed by atoms with Crippen LogP contribution in [-0.2, 0) is 22.7 Å². The standard InChI is InChI=1S/C24H31N5O2/c1-2-25-24(26-15-14-22(30)27-17-19-7-4-3-5-8-19)28-18-20-10-12-21(13-11-20)29-16-6-9-23(29)31/h3-5,7-8,10-13H,2,6,9,14-18H2,1H3,(H,27,30)(H2,25,26,28). The number of carbonyl (C=O) groups excluding carboxylic acids is 2. The molecule has 0 saturated carbocycles. The van der Waals surface area contributed by atoms with Crippen molar-refractivity contribution in [3.05, 3.63) is 65.7 Å². The molecule has 0 unspecified atom stereocenters. The molecule has 7 heteroatoms. The Balaban J connectivity index is 1.44. The van der Waals surface area contributed by atoms with Crippen molar-refractivity contribution >= 4 is 23.5 Å². The highest BCUT2D eigenvalue weighted by Crippen LogP contribution is 2.21. The van der Waals surface area contributed by atoms with Crippen LogP contribution in [0.2, 0.25) is 0 Å². The fraction of sp³-hybridized carbons (Fsp3) is 0.375. The van der Waals surface area contributed by atoms with Crippen LogP contribution in [0.25, 0.3) is 0 Å². The molecule has 1 saturated heterocycles.